The van der Waals surface area contributed by atoms with Gasteiger partial charge < -0.3 is 15.0 Å². The number of nitrogens with zero attached hydrogens (tertiary/aromatic N) is 5. The highest BCUT2D eigenvalue weighted by molar-refractivity contribution is 6.02. The molecule has 8 nitrogen and oxygen atoms in total. The smallest absolute Gasteiger partial charge is 0.275 e. The van der Waals surface area contributed by atoms with Crippen molar-refractivity contribution >= 4 is 17.4 Å². The number of ether oxygens (including phenoxy) is 1. The first-order valence-electron chi connectivity index (χ1n) is 8.87. The van der Waals surface area contributed by atoms with Crippen molar-refractivity contribution in [2.75, 3.05) is 36.5 Å². The van der Waals surface area contributed by atoms with E-state index in [1.165, 1.54) is 24.8 Å². The van der Waals surface area contributed by atoms with Crippen molar-refractivity contribution in [3.8, 4) is 5.82 Å². The minimum atomic E-state index is -0.382. The fraction of sp³-hybridized carbons (Fsp3) is 0.263. The molecular formula is C19H19FN6O2. The summed E-state index contributed by atoms with van der Waals surface area (Å²) >= 11 is 0. The Labute approximate surface area is 161 Å². The minimum absolute atomic E-state index is 0.230. The molecule has 9 heteroatoms. The summed E-state index contributed by atoms with van der Waals surface area (Å²) in [6, 6.07) is 6.25. The van der Waals surface area contributed by atoms with Crippen LogP contribution in [0.15, 0.2) is 43.1 Å². The summed E-state index contributed by atoms with van der Waals surface area (Å²) < 4.78 is 20.4. The maximum Gasteiger partial charge on any atom is 0.275 e. The number of hydrogen-bond acceptors (Lipinski definition) is 6. The van der Waals surface area contributed by atoms with Gasteiger partial charge in [0.1, 0.15) is 35.8 Å². The zero-order valence-electron chi connectivity index (χ0n) is 15.3. The van der Waals surface area contributed by atoms with Crippen LogP contribution in [0, 0.1) is 12.7 Å². The number of benzene rings is 1. The van der Waals surface area contributed by atoms with Crippen LogP contribution in [-0.2, 0) is 4.74 Å². The largest absolute Gasteiger partial charge is 0.378 e. The zero-order chi connectivity index (χ0) is 19.5. The number of anilines is 2. The molecule has 0 bridgehead atoms. The molecule has 1 amide bonds. The summed E-state index contributed by atoms with van der Waals surface area (Å²) in [5.74, 6) is 0.713. The Morgan fingerprint density at radius 3 is 2.71 bits per heavy atom. The molecule has 4 rings (SSSR count). The maximum atomic E-state index is 13.4. The van der Waals surface area contributed by atoms with Crippen molar-refractivity contribution in [2.45, 2.75) is 6.92 Å². The molecule has 1 aromatic carbocycles. The number of nitrogens with one attached hydrogen (secondary N) is 1. The monoisotopic (exact) mass is 382 g/mol. The normalized spacial score (nSPS) is 14.1. The van der Waals surface area contributed by atoms with Crippen molar-refractivity contribution in [3.05, 3.63) is 60.2 Å². The summed E-state index contributed by atoms with van der Waals surface area (Å²) in [4.78, 5) is 27.3. The van der Waals surface area contributed by atoms with E-state index < -0.39 is 0 Å². The van der Waals surface area contributed by atoms with Gasteiger partial charge in [0, 0.05) is 31.0 Å². The molecule has 28 heavy (non-hydrogen) atoms. The summed E-state index contributed by atoms with van der Waals surface area (Å²) in [7, 11) is 0. The second-order valence-electron chi connectivity index (χ2n) is 6.42. The molecule has 1 aliphatic heterocycles. The topological polar surface area (TPSA) is 85.2 Å². The number of carbonyl (C=O) groups is 1. The number of imidazole rings is 1. The van der Waals surface area contributed by atoms with Crippen LogP contribution in [-0.4, -0.2) is 51.7 Å². The number of rotatable bonds is 4. The van der Waals surface area contributed by atoms with Gasteiger partial charge in [0.15, 0.2) is 0 Å². The Morgan fingerprint density at radius 1 is 1.14 bits per heavy atom. The number of halogens is 1. The van der Waals surface area contributed by atoms with E-state index in [9.17, 15) is 9.18 Å². The van der Waals surface area contributed by atoms with Gasteiger partial charge in [-0.2, -0.15) is 0 Å². The van der Waals surface area contributed by atoms with E-state index >= 15 is 0 Å². The molecule has 0 spiro atoms. The molecule has 1 aliphatic rings. The summed E-state index contributed by atoms with van der Waals surface area (Å²) in [6.07, 6.45) is 4.61. The van der Waals surface area contributed by atoms with E-state index in [4.69, 9.17) is 4.74 Å². The van der Waals surface area contributed by atoms with E-state index in [2.05, 4.69) is 25.2 Å². The third kappa shape index (κ3) is 3.84. The van der Waals surface area contributed by atoms with Crippen LogP contribution in [0.2, 0.25) is 0 Å². The van der Waals surface area contributed by atoms with Crippen LogP contribution < -0.4 is 10.2 Å². The van der Waals surface area contributed by atoms with Crippen LogP contribution in [0.5, 0.6) is 0 Å². The molecule has 1 N–H and O–H groups in total. The fourth-order valence-electron chi connectivity index (χ4n) is 2.93. The Morgan fingerprint density at radius 2 is 1.93 bits per heavy atom. The van der Waals surface area contributed by atoms with Gasteiger partial charge in [-0.1, -0.05) is 0 Å². The predicted molar refractivity (Wildman–Crippen MR) is 101 cm³/mol. The van der Waals surface area contributed by atoms with Crippen LogP contribution in [0.3, 0.4) is 0 Å². The van der Waals surface area contributed by atoms with E-state index in [0.717, 1.165) is 18.9 Å². The van der Waals surface area contributed by atoms with Gasteiger partial charge in [0.05, 0.1) is 13.2 Å². The second kappa shape index (κ2) is 7.73. The lowest BCUT2D eigenvalue weighted by Crippen LogP contribution is -2.36. The Bertz CT molecular complexity index is 1000. The molecule has 0 radical (unpaired) electrons. The number of aryl methyl sites for hydroxylation is 1. The van der Waals surface area contributed by atoms with Gasteiger partial charge in [-0.15, -0.1) is 0 Å². The van der Waals surface area contributed by atoms with Gasteiger partial charge in [0.2, 0.25) is 0 Å². The lowest BCUT2D eigenvalue weighted by molar-refractivity contribution is 0.102. The summed E-state index contributed by atoms with van der Waals surface area (Å²) in [6.45, 7) is 4.51. The van der Waals surface area contributed by atoms with Gasteiger partial charge >= 0.3 is 0 Å². The first-order valence-corrected chi connectivity index (χ1v) is 8.87. The van der Waals surface area contributed by atoms with E-state index in [1.54, 1.807) is 23.8 Å². The van der Waals surface area contributed by atoms with Gasteiger partial charge in [-0.3, -0.25) is 9.36 Å². The Kier molecular flexibility index (Phi) is 4.98. The number of morpholine rings is 1. The molecule has 144 valence electrons. The number of amides is 1. The van der Waals surface area contributed by atoms with Gasteiger partial charge in [0.25, 0.3) is 5.91 Å². The third-order valence-corrected chi connectivity index (χ3v) is 4.47. The van der Waals surface area contributed by atoms with E-state index in [1.807, 2.05) is 6.07 Å². The van der Waals surface area contributed by atoms with Crippen molar-refractivity contribution in [1.82, 2.24) is 19.5 Å². The van der Waals surface area contributed by atoms with Crippen LogP contribution in [0.25, 0.3) is 5.82 Å². The van der Waals surface area contributed by atoms with Crippen LogP contribution in [0.1, 0.15) is 16.1 Å². The molecule has 0 saturated carbocycles. The predicted octanol–water partition coefficient (Wildman–Crippen LogP) is 2.20. The molecule has 1 saturated heterocycles. The van der Waals surface area contributed by atoms with Crippen LogP contribution >= 0.6 is 0 Å². The highest BCUT2D eigenvalue weighted by Crippen LogP contribution is 2.17. The number of carbonyl (C=O) groups excluding carboxylic acids is 1. The van der Waals surface area contributed by atoms with Gasteiger partial charge in [-0.05, 0) is 30.7 Å². The Hall–Kier alpha value is -3.33. The second-order valence-corrected chi connectivity index (χ2v) is 6.42. The van der Waals surface area contributed by atoms with Crippen LogP contribution in [0.4, 0.5) is 15.9 Å². The maximum absolute atomic E-state index is 13.4. The summed E-state index contributed by atoms with van der Waals surface area (Å²) in [5, 5.41) is 2.72. The standard InChI is InChI=1S/C19H19FN6O2/c1-13-8-14(2-3-15(13)20)24-19(27)16-10-26(12-23-16)18-9-17(21-11-22-18)25-4-6-28-7-5-25/h2-3,8-12H,4-7H2,1H3,(H,24,27). The van der Waals surface area contributed by atoms with Crippen molar-refractivity contribution < 1.29 is 13.9 Å². The number of aromatic nitrogens is 4. The fourth-order valence-corrected chi connectivity index (χ4v) is 2.93. The number of hydrogen-bond donors (Lipinski definition) is 1. The lowest BCUT2D eigenvalue weighted by atomic mass is 10.2. The van der Waals surface area contributed by atoms with Crippen molar-refractivity contribution in [2.24, 2.45) is 0 Å². The highest BCUT2D eigenvalue weighted by Gasteiger charge is 2.15. The van der Waals surface area contributed by atoms with Crippen molar-refractivity contribution in [1.29, 1.82) is 0 Å². The van der Waals surface area contributed by atoms with Gasteiger partial charge in [-0.25, -0.2) is 19.3 Å². The highest BCUT2D eigenvalue weighted by atomic mass is 19.1. The molecular weight excluding hydrogens is 363 g/mol. The zero-order valence-corrected chi connectivity index (χ0v) is 15.3. The molecule has 0 atom stereocenters. The SMILES string of the molecule is Cc1cc(NC(=O)c2cn(-c3cc(N4CCOCC4)ncn3)cn2)ccc1F. The summed E-state index contributed by atoms with van der Waals surface area (Å²) in [5.41, 5.74) is 1.20. The molecule has 3 heterocycles. The van der Waals surface area contributed by atoms with E-state index in [0.29, 0.717) is 30.3 Å². The molecule has 3 aromatic rings. The quantitative estimate of drug-likeness (QED) is 0.745. The molecule has 0 unspecified atom stereocenters. The molecule has 1 fully saturated rings. The Balaban J connectivity index is 1.50. The average molecular weight is 382 g/mol. The first kappa shape index (κ1) is 18.1. The minimum Gasteiger partial charge on any atom is -0.378 e. The third-order valence-electron chi connectivity index (χ3n) is 4.47. The molecule has 2 aromatic heterocycles. The average Bonchev–Trinajstić information content (AvgIpc) is 3.22. The first-order chi connectivity index (χ1) is 13.6. The molecule has 0 aliphatic carbocycles. The van der Waals surface area contributed by atoms with E-state index in [-0.39, 0.29) is 17.4 Å². The van der Waals surface area contributed by atoms with Crippen molar-refractivity contribution in [3.63, 3.8) is 0 Å². The lowest BCUT2D eigenvalue weighted by Gasteiger charge is -2.27.